The predicted octanol–water partition coefficient (Wildman–Crippen LogP) is 0.603. The Hall–Kier alpha value is -1.34. The monoisotopic (exact) mass is 218 g/mol. The third-order valence-corrected chi connectivity index (χ3v) is 1.05. The number of rotatable bonds is 3. The first kappa shape index (κ1) is 12.7. The normalized spacial score (nSPS) is 13.2. The number of ether oxygens (including phenoxy) is 2. The zero-order valence-electron chi connectivity index (χ0n) is 6.93. The zero-order valence-corrected chi connectivity index (χ0v) is 6.93. The van der Waals surface area contributed by atoms with E-state index in [1.165, 1.54) is 0 Å². The molecule has 0 aliphatic rings. The van der Waals surface area contributed by atoms with Crippen LogP contribution in [0.1, 0.15) is 0 Å². The molecule has 1 atom stereocenters. The highest BCUT2D eigenvalue weighted by atomic mass is 19.4. The van der Waals surface area contributed by atoms with Crippen molar-refractivity contribution in [1.29, 1.82) is 0 Å². The Morgan fingerprint density at radius 3 is 2.21 bits per heavy atom. The second-order valence-corrected chi connectivity index (χ2v) is 2.09. The molecule has 4 nitrogen and oxygen atoms in total. The Kier molecular flexibility index (Phi) is 4.32. The van der Waals surface area contributed by atoms with E-state index in [1.54, 1.807) is 0 Å². The van der Waals surface area contributed by atoms with E-state index >= 15 is 0 Å². The smallest absolute Gasteiger partial charge is 0.467 e. The standard InChI is InChI=1S/C6H6F4O4/c1-13-4(11)3(7)2-14-5(12)6(8,9)10/h3H,2H2,1H3/t3-/m0/s1. The van der Waals surface area contributed by atoms with Crippen molar-refractivity contribution in [2.24, 2.45) is 0 Å². The predicted molar refractivity (Wildman–Crippen MR) is 33.9 cm³/mol. The molecule has 0 heterocycles. The summed E-state index contributed by atoms with van der Waals surface area (Å²) in [5.41, 5.74) is 0. The van der Waals surface area contributed by atoms with Crippen LogP contribution in [0, 0.1) is 0 Å². The van der Waals surface area contributed by atoms with Gasteiger partial charge < -0.3 is 9.47 Å². The molecule has 0 aliphatic heterocycles. The fraction of sp³-hybridized carbons (Fsp3) is 0.667. The molecule has 0 aromatic carbocycles. The summed E-state index contributed by atoms with van der Waals surface area (Å²) in [6.45, 7) is -1.31. The minimum Gasteiger partial charge on any atom is -0.467 e. The van der Waals surface area contributed by atoms with Crippen molar-refractivity contribution < 1.29 is 36.6 Å². The van der Waals surface area contributed by atoms with Gasteiger partial charge in [0.25, 0.3) is 0 Å². The first-order chi connectivity index (χ1) is 6.29. The van der Waals surface area contributed by atoms with Gasteiger partial charge in [-0.3, -0.25) is 0 Å². The summed E-state index contributed by atoms with van der Waals surface area (Å²) in [5, 5.41) is 0. The van der Waals surface area contributed by atoms with Crippen LogP contribution in [0.15, 0.2) is 0 Å². The minimum absolute atomic E-state index is 0.848. The van der Waals surface area contributed by atoms with Gasteiger partial charge in [0, 0.05) is 0 Å². The molecule has 0 saturated carbocycles. The van der Waals surface area contributed by atoms with E-state index in [9.17, 15) is 27.2 Å². The first-order valence-corrected chi connectivity index (χ1v) is 3.25. The summed E-state index contributed by atoms with van der Waals surface area (Å²) in [7, 11) is 0.848. The Bertz CT molecular complexity index is 224. The van der Waals surface area contributed by atoms with Crippen molar-refractivity contribution in [2.75, 3.05) is 13.7 Å². The average molecular weight is 218 g/mol. The summed E-state index contributed by atoms with van der Waals surface area (Å²) in [5.74, 6) is -3.95. The van der Waals surface area contributed by atoms with Crippen LogP contribution in [0.2, 0.25) is 0 Å². The second-order valence-electron chi connectivity index (χ2n) is 2.09. The molecular formula is C6H6F4O4. The lowest BCUT2D eigenvalue weighted by atomic mass is 10.4. The Morgan fingerprint density at radius 2 is 1.86 bits per heavy atom. The molecule has 0 aromatic heterocycles. The van der Waals surface area contributed by atoms with Crippen molar-refractivity contribution in [3.05, 3.63) is 0 Å². The molecule has 0 fully saturated rings. The molecule has 0 rings (SSSR count). The minimum atomic E-state index is -5.20. The largest absolute Gasteiger partial charge is 0.490 e. The second kappa shape index (κ2) is 4.77. The van der Waals surface area contributed by atoms with E-state index in [4.69, 9.17) is 0 Å². The van der Waals surface area contributed by atoms with Gasteiger partial charge in [0.05, 0.1) is 7.11 Å². The molecule has 0 unspecified atom stereocenters. The summed E-state index contributed by atoms with van der Waals surface area (Å²) >= 11 is 0. The van der Waals surface area contributed by atoms with Gasteiger partial charge in [-0.15, -0.1) is 0 Å². The van der Waals surface area contributed by atoms with E-state index in [1.807, 2.05) is 0 Å². The van der Waals surface area contributed by atoms with E-state index in [0.29, 0.717) is 0 Å². The Labute approximate surface area is 75.8 Å². The molecule has 0 radical (unpaired) electrons. The van der Waals surface area contributed by atoms with Gasteiger partial charge >= 0.3 is 18.1 Å². The first-order valence-electron chi connectivity index (χ1n) is 3.25. The maximum Gasteiger partial charge on any atom is 0.490 e. The molecule has 0 amide bonds. The molecule has 0 bridgehead atoms. The number of esters is 2. The number of hydrogen-bond acceptors (Lipinski definition) is 4. The lowest BCUT2D eigenvalue weighted by Gasteiger charge is -2.08. The van der Waals surface area contributed by atoms with Crippen molar-refractivity contribution in [3.8, 4) is 0 Å². The highest BCUT2D eigenvalue weighted by Crippen LogP contribution is 2.16. The van der Waals surface area contributed by atoms with Crippen LogP contribution in [-0.2, 0) is 19.1 Å². The van der Waals surface area contributed by atoms with Crippen molar-refractivity contribution in [1.82, 2.24) is 0 Å². The fourth-order valence-corrected chi connectivity index (χ4v) is 0.427. The van der Waals surface area contributed by atoms with Gasteiger partial charge in [0.15, 0.2) is 0 Å². The molecule has 82 valence electrons. The van der Waals surface area contributed by atoms with Crippen LogP contribution in [0.5, 0.6) is 0 Å². The Balaban J connectivity index is 3.96. The van der Waals surface area contributed by atoms with Gasteiger partial charge in [-0.25, -0.2) is 14.0 Å². The highest BCUT2D eigenvalue weighted by Gasteiger charge is 2.41. The number of alkyl halides is 4. The van der Waals surface area contributed by atoms with Gasteiger partial charge in [-0.05, 0) is 0 Å². The van der Waals surface area contributed by atoms with Crippen LogP contribution in [0.25, 0.3) is 0 Å². The number of carbonyl (C=O) groups is 2. The zero-order chi connectivity index (χ0) is 11.4. The van der Waals surface area contributed by atoms with Gasteiger partial charge in [-0.2, -0.15) is 13.2 Å². The van der Waals surface area contributed by atoms with E-state index in [0.717, 1.165) is 7.11 Å². The van der Waals surface area contributed by atoms with Gasteiger partial charge in [0.2, 0.25) is 6.17 Å². The van der Waals surface area contributed by atoms with E-state index < -0.39 is 30.9 Å². The average Bonchev–Trinajstić information content (AvgIpc) is 2.10. The number of carbonyl (C=O) groups excluding carboxylic acids is 2. The maximum atomic E-state index is 12.4. The summed E-state index contributed by atoms with van der Waals surface area (Å²) in [4.78, 5) is 20.3. The molecule has 8 heteroatoms. The van der Waals surface area contributed by atoms with Crippen molar-refractivity contribution in [3.63, 3.8) is 0 Å². The number of methoxy groups -OCH3 is 1. The quantitative estimate of drug-likeness (QED) is 0.514. The molecular weight excluding hydrogens is 212 g/mol. The lowest BCUT2D eigenvalue weighted by Crippen LogP contribution is -2.31. The lowest BCUT2D eigenvalue weighted by molar-refractivity contribution is -0.201. The number of halogens is 4. The van der Waals surface area contributed by atoms with Gasteiger partial charge in [0.1, 0.15) is 6.61 Å². The van der Waals surface area contributed by atoms with E-state index in [2.05, 4.69) is 9.47 Å². The molecule has 0 aliphatic carbocycles. The topological polar surface area (TPSA) is 52.6 Å². The SMILES string of the molecule is COC(=O)[C@@H](F)COC(=O)C(F)(F)F. The third kappa shape index (κ3) is 4.06. The third-order valence-electron chi connectivity index (χ3n) is 1.05. The highest BCUT2D eigenvalue weighted by molar-refractivity contribution is 5.77. The number of hydrogen-bond donors (Lipinski definition) is 0. The summed E-state index contributed by atoms with van der Waals surface area (Å²) in [6.07, 6.45) is -7.61. The summed E-state index contributed by atoms with van der Waals surface area (Å²) < 4.78 is 54.1. The fourth-order valence-electron chi connectivity index (χ4n) is 0.427. The molecule has 14 heavy (non-hydrogen) atoms. The summed E-state index contributed by atoms with van der Waals surface area (Å²) in [6, 6.07) is 0. The van der Waals surface area contributed by atoms with Crippen LogP contribution in [-0.4, -0.2) is 38.0 Å². The van der Waals surface area contributed by atoms with Crippen LogP contribution >= 0.6 is 0 Å². The Morgan fingerprint density at radius 1 is 1.36 bits per heavy atom. The molecule has 0 N–H and O–H groups in total. The van der Waals surface area contributed by atoms with Gasteiger partial charge in [-0.1, -0.05) is 0 Å². The van der Waals surface area contributed by atoms with Crippen LogP contribution < -0.4 is 0 Å². The van der Waals surface area contributed by atoms with Crippen LogP contribution in [0.4, 0.5) is 17.6 Å². The molecule has 0 saturated heterocycles. The van der Waals surface area contributed by atoms with E-state index in [-0.39, 0.29) is 0 Å². The van der Waals surface area contributed by atoms with Crippen molar-refractivity contribution in [2.45, 2.75) is 12.3 Å². The molecule has 0 aromatic rings. The van der Waals surface area contributed by atoms with Crippen molar-refractivity contribution >= 4 is 11.9 Å². The maximum absolute atomic E-state index is 12.4. The van der Waals surface area contributed by atoms with Crippen LogP contribution in [0.3, 0.4) is 0 Å². The molecule has 0 spiro atoms.